The fourth-order valence-corrected chi connectivity index (χ4v) is 3.21. The minimum atomic E-state index is 0.0414. The Balaban J connectivity index is 1.98. The molecule has 0 spiro atoms. The summed E-state index contributed by atoms with van der Waals surface area (Å²) >= 11 is 0. The molecule has 1 aromatic rings. The molecule has 1 saturated heterocycles. The van der Waals surface area contributed by atoms with Gasteiger partial charge in [-0.05, 0) is 38.1 Å². The average molecular weight is 372 g/mol. The molecule has 1 aliphatic rings. The van der Waals surface area contributed by atoms with Gasteiger partial charge in [0.15, 0.2) is 0 Å². The Morgan fingerprint density at radius 3 is 2.11 bits per heavy atom. The molecule has 0 radical (unpaired) electrons. The molecule has 0 unspecified atom stereocenters. The largest absolute Gasteiger partial charge is 0.339 e. The van der Waals surface area contributed by atoms with Crippen molar-refractivity contribution in [3.63, 3.8) is 0 Å². The van der Waals surface area contributed by atoms with Crippen LogP contribution in [-0.2, 0) is 9.59 Å². The standard InChI is InChI=1S/C22H33N3O2/c1-17(2)20(19-8-6-18(3)7-9-19)16-22(27)25-14-12-24(13-15-25)21(26)10-11-23(4)5/h6-9,16-17H,10-15H2,1-5H3/b20-16+. The fraction of sp³-hybridized carbons (Fsp3) is 0.545. The summed E-state index contributed by atoms with van der Waals surface area (Å²) in [7, 11) is 3.94. The summed E-state index contributed by atoms with van der Waals surface area (Å²) in [5, 5.41) is 0. The van der Waals surface area contributed by atoms with Crippen LogP contribution in [0.1, 0.15) is 31.4 Å². The van der Waals surface area contributed by atoms with E-state index in [1.807, 2.05) is 28.8 Å². The van der Waals surface area contributed by atoms with Gasteiger partial charge in [-0.25, -0.2) is 0 Å². The Labute approximate surface area is 163 Å². The molecule has 148 valence electrons. The molecule has 1 aromatic carbocycles. The van der Waals surface area contributed by atoms with Crippen molar-refractivity contribution in [3.05, 3.63) is 41.5 Å². The van der Waals surface area contributed by atoms with Crippen molar-refractivity contribution >= 4 is 17.4 Å². The number of allylic oxidation sites excluding steroid dienone is 1. The number of benzene rings is 1. The van der Waals surface area contributed by atoms with Crippen molar-refractivity contribution in [1.29, 1.82) is 0 Å². The number of hydrogen-bond acceptors (Lipinski definition) is 3. The van der Waals surface area contributed by atoms with E-state index in [-0.39, 0.29) is 17.7 Å². The lowest BCUT2D eigenvalue weighted by Crippen LogP contribution is -2.50. The zero-order chi connectivity index (χ0) is 20.0. The van der Waals surface area contributed by atoms with Gasteiger partial charge in [0.25, 0.3) is 0 Å². The van der Waals surface area contributed by atoms with E-state index in [4.69, 9.17) is 0 Å². The number of rotatable bonds is 6. The Bertz CT molecular complexity index is 669. The molecule has 1 heterocycles. The van der Waals surface area contributed by atoms with Gasteiger partial charge in [0.05, 0.1) is 0 Å². The van der Waals surface area contributed by atoms with Crippen LogP contribution in [0.2, 0.25) is 0 Å². The number of carbonyl (C=O) groups excluding carboxylic acids is 2. The second kappa shape index (κ2) is 9.70. The maximum Gasteiger partial charge on any atom is 0.246 e. The van der Waals surface area contributed by atoms with Crippen LogP contribution in [0, 0.1) is 12.8 Å². The highest BCUT2D eigenvalue weighted by atomic mass is 16.2. The van der Waals surface area contributed by atoms with E-state index in [1.54, 1.807) is 6.08 Å². The van der Waals surface area contributed by atoms with Gasteiger partial charge in [0.2, 0.25) is 11.8 Å². The third-order valence-corrected chi connectivity index (χ3v) is 5.00. The summed E-state index contributed by atoms with van der Waals surface area (Å²) in [5.41, 5.74) is 3.37. The van der Waals surface area contributed by atoms with E-state index in [1.165, 1.54) is 5.56 Å². The molecule has 0 atom stereocenters. The first-order chi connectivity index (χ1) is 12.8. The van der Waals surface area contributed by atoms with E-state index in [2.05, 4.69) is 45.0 Å². The molecule has 0 saturated carbocycles. The molecule has 0 bridgehead atoms. The Morgan fingerprint density at radius 1 is 1.04 bits per heavy atom. The molecular formula is C22H33N3O2. The number of aryl methyl sites for hydroxylation is 1. The second-order valence-corrected chi connectivity index (χ2v) is 7.88. The van der Waals surface area contributed by atoms with Crippen LogP contribution in [0.25, 0.3) is 5.57 Å². The van der Waals surface area contributed by atoms with Crippen molar-refractivity contribution in [1.82, 2.24) is 14.7 Å². The van der Waals surface area contributed by atoms with E-state index in [9.17, 15) is 9.59 Å². The van der Waals surface area contributed by atoms with Crippen molar-refractivity contribution in [3.8, 4) is 0 Å². The molecule has 0 aromatic heterocycles. The maximum atomic E-state index is 12.8. The zero-order valence-electron chi connectivity index (χ0n) is 17.4. The van der Waals surface area contributed by atoms with E-state index in [0.717, 1.165) is 17.7 Å². The lowest BCUT2D eigenvalue weighted by molar-refractivity contribution is -0.137. The van der Waals surface area contributed by atoms with Crippen LogP contribution in [0.4, 0.5) is 0 Å². The molecule has 5 heteroatoms. The van der Waals surface area contributed by atoms with E-state index >= 15 is 0 Å². The maximum absolute atomic E-state index is 12.8. The monoisotopic (exact) mass is 371 g/mol. The molecule has 1 aliphatic heterocycles. The number of amides is 2. The van der Waals surface area contributed by atoms with Gasteiger partial charge in [-0.15, -0.1) is 0 Å². The zero-order valence-corrected chi connectivity index (χ0v) is 17.4. The number of piperazine rings is 1. The summed E-state index contributed by atoms with van der Waals surface area (Å²) in [5.74, 6) is 0.485. The SMILES string of the molecule is Cc1ccc(/C(=C/C(=O)N2CCN(C(=O)CCN(C)C)CC2)C(C)C)cc1. The predicted octanol–water partition coefficient (Wildman–Crippen LogP) is 2.66. The predicted molar refractivity (Wildman–Crippen MR) is 110 cm³/mol. The van der Waals surface area contributed by atoms with Gasteiger partial charge in [-0.1, -0.05) is 43.7 Å². The van der Waals surface area contributed by atoms with Crippen molar-refractivity contribution < 1.29 is 9.59 Å². The molecule has 1 fully saturated rings. The lowest BCUT2D eigenvalue weighted by atomic mass is 9.94. The third kappa shape index (κ3) is 6.21. The summed E-state index contributed by atoms with van der Waals surface area (Å²) < 4.78 is 0. The smallest absolute Gasteiger partial charge is 0.246 e. The van der Waals surface area contributed by atoms with Crippen molar-refractivity contribution in [2.24, 2.45) is 5.92 Å². The topological polar surface area (TPSA) is 43.9 Å². The van der Waals surface area contributed by atoms with Gasteiger partial charge >= 0.3 is 0 Å². The van der Waals surface area contributed by atoms with Gasteiger partial charge < -0.3 is 14.7 Å². The Morgan fingerprint density at radius 2 is 1.59 bits per heavy atom. The van der Waals surface area contributed by atoms with Crippen molar-refractivity contribution in [2.45, 2.75) is 27.2 Å². The highest BCUT2D eigenvalue weighted by Gasteiger charge is 2.23. The number of hydrogen-bond donors (Lipinski definition) is 0. The minimum Gasteiger partial charge on any atom is -0.339 e. The molecule has 2 rings (SSSR count). The van der Waals surface area contributed by atoms with Crippen LogP contribution < -0.4 is 0 Å². The van der Waals surface area contributed by atoms with Crippen LogP contribution in [-0.4, -0.2) is 73.3 Å². The Kier molecular flexibility index (Phi) is 7.60. The second-order valence-electron chi connectivity index (χ2n) is 7.88. The summed E-state index contributed by atoms with van der Waals surface area (Å²) in [6.45, 7) is 9.48. The molecule has 5 nitrogen and oxygen atoms in total. The average Bonchev–Trinajstić information content (AvgIpc) is 2.64. The van der Waals surface area contributed by atoms with E-state index in [0.29, 0.717) is 32.6 Å². The van der Waals surface area contributed by atoms with Gasteiger partial charge in [-0.2, -0.15) is 0 Å². The molecule has 2 amide bonds. The first kappa shape index (κ1) is 21.2. The van der Waals surface area contributed by atoms with Gasteiger partial charge in [-0.3, -0.25) is 9.59 Å². The van der Waals surface area contributed by atoms with Crippen LogP contribution in [0.3, 0.4) is 0 Å². The Hall–Kier alpha value is -2.14. The van der Waals surface area contributed by atoms with E-state index < -0.39 is 0 Å². The minimum absolute atomic E-state index is 0.0414. The molecular weight excluding hydrogens is 338 g/mol. The normalized spacial score (nSPS) is 15.6. The highest BCUT2D eigenvalue weighted by molar-refractivity contribution is 5.95. The number of nitrogens with zero attached hydrogens (tertiary/aromatic N) is 3. The summed E-state index contributed by atoms with van der Waals surface area (Å²) in [6, 6.07) is 8.31. The summed E-state index contributed by atoms with van der Waals surface area (Å²) in [4.78, 5) is 30.8. The van der Waals surface area contributed by atoms with Crippen LogP contribution >= 0.6 is 0 Å². The summed E-state index contributed by atoms with van der Waals surface area (Å²) in [6.07, 6.45) is 2.31. The van der Waals surface area contributed by atoms with Gasteiger partial charge in [0.1, 0.15) is 0 Å². The van der Waals surface area contributed by atoms with Crippen LogP contribution in [0.15, 0.2) is 30.3 Å². The fourth-order valence-electron chi connectivity index (χ4n) is 3.21. The van der Waals surface area contributed by atoms with Crippen LogP contribution in [0.5, 0.6) is 0 Å². The highest BCUT2D eigenvalue weighted by Crippen LogP contribution is 2.24. The third-order valence-electron chi connectivity index (χ3n) is 5.00. The molecule has 0 N–H and O–H groups in total. The number of carbonyl (C=O) groups is 2. The molecule has 27 heavy (non-hydrogen) atoms. The first-order valence-electron chi connectivity index (χ1n) is 9.78. The van der Waals surface area contributed by atoms with Crippen molar-refractivity contribution in [2.75, 3.05) is 46.8 Å². The lowest BCUT2D eigenvalue weighted by Gasteiger charge is -2.34. The quantitative estimate of drug-likeness (QED) is 0.722. The first-order valence-corrected chi connectivity index (χ1v) is 9.78. The molecule has 0 aliphatic carbocycles. The van der Waals surface area contributed by atoms with Gasteiger partial charge in [0, 0.05) is 45.2 Å².